The summed E-state index contributed by atoms with van der Waals surface area (Å²) in [4.78, 5) is 10.9. The Morgan fingerprint density at radius 3 is 3.14 bits per heavy atom. The SMILES string of the molecule is CCCn1cc(CN2CCC[C@H](c3ccncn3)C2)cn1. The molecule has 0 radical (unpaired) electrons. The van der Waals surface area contributed by atoms with Crippen molar-refractivity contribution in [2.45, 2.75) is 45.2 Å². The quantitative estimate of drug-likeness (QED) is 0.846. The van der Waals surface area contributed by atoms with Crippen molar-refractivity contribution in [2.24, 2.45) is 0 Å². The lowest BCUT2D eigenvalue weighted by Crippen LogP contribution is -2.34. The van der Waals surface area contributed by atoms with Gasteiger partial charge in [-0.2, -0.15) is 5.10 Å². The first kappa shape index (κ1) is 14.2. The summed E-state index contributed by atoms with van der Waals surface area (Å²) in [5.74, 6) is 0.535. The average molecular weight is 285 g/mol. The molecule has 0 aromatic carbocycles. The van der Waals surface area contributed by atoms with Gasteiger partial charge in [0.15, 0.2) is 0 Å². The topological polar surface area (TPSA) is 46.8 Å². The fourth-order valence-electron chi connectivity index (χ4n) is 3.08. The van der Waals surface area contributed by atoms with Crippen LogP contribution in [0, 0.1) is 0 Å². The highest BCUT2D eigenvalue weighted by molar-refractivity contribution is 5.09. The van der Waals surface area contributed by atoms with E-state index in [1.165, 1.54) is 30.6 Å². The highest BCUT2D eigenvalue weighted by Crippen LogP contribution is 2.25. The molecule has 1 fully saturated rings. The molecule has 1 saturated heterocycles. The van der Waals surface area contributed by atoms with Gasteiger partial charge in [0, 0.05) is 49.2 Å². The van der Waals surface area contributed by atoms with Crippen LogP contribution < -0.4 is 0 Å². The molecule has 5 heteroatoms. The number of hydrogen-bond acceptors (Lipinski definition) is 4. The van der Waals surface area contributed by atoms with Gasteiger partial charge in [0.1, 0.15) is 6.33 Å². The predicted octanol–water partition coefficient (Wildman–Crippen LogP) is 2.46. The lowest BCUT2D eigenvalue weighted by molar-refractivity contribution is 0.198. The molecule has 1 aliphatic rings. The first-order valence-electron chi connectivity index (χ1n) is 7.84. The lowest BCUT2D eigenvalue weighted by Gasteiger charge is -2.32. The monoisotopic (exact) mass is 285 g/mol. The molecule has 0 N–H and O–H groups in total. The molecular formula is C16H23N5. The number of likely N-dealkylation sites (tertiary alicyclic amines) is 1. The summed E-state index contributed by atoms with van der Waals surface area (Å²) < 4.78 is 2.04. The van der Waals surface area contributed by atoms with Crippen molar-refractivity contribution in [1.29, 1.82) is 0 Å². The average Bonchev–Trinajstić information content (AvgIpc) is 2.96. The molecule has 1 aliphatic heterocycles. The Morgan fingerprint density at radius 1 is 1.38 bits per heavy atom. The fourth-order valence-corrected chi connectivity index (χ4v) is 3.08. The molecule has 0 spiro atoms. The van der Waals surface area contributed by atoms with Crippen molar-refractivity contribution >= 4 is 0 Å². The smallest absolute Gasteiger partial charge is 0.115 e. The lowest BCUT2D eigenvalue weighted by atomic mass is 9.94. The summed E-state index contributed by atoms with van der Waals surface area (Å²) in [5, 5.41) is 4.42. The highest BCUT2D eigenvalue weighted by Gasteiger charge is 2.22. The Bertz CT molecular complexity index is 551. The number of aryl methyl sites for hydroxylation is 1. The molecule has 0 aliphatic carbocycles. The van der Waals surface area contributed by atoms with Gasteiger partial charge in [-0.3, -0.25) is 9.58 Å². The van der Waals surface area contributed by atoms with Gasteiger partial charge >= 0.3 is 0 Å². The summed E-state index contributed by atoms with van der Waals surface area (Å²) in [6.07, 6.45) is 11.3. The van der Waals surface area contributed by atoms with Gasteiger partial charge in [-0.1, -0.05) is 6.92 Å². The van der Waals surface area contributed by atoms with Crippen molar-refractivity contribution in [3.05, 3.63) is 42.2 Å². The summed E-state index contributed by atoms with van der Waals surface area (Å²) in [7, 11) is 0. The van der Waals surface area contributed by atoms with Crippen molar-refractivity contribution in [1.82, 2.24) is 24.6 Å². The summed E-state index contributed by atoms with van der Waals surface area (Å²) in [5.41, 5.74) is 2.49. The molecule has 3 heterocycles. The molecule has 0 bridgehead atoms. The number of rotatable bonds is 5. The summed E-state index contributed by atoms with van der Waals surface area (Å²) >= 11 is 0. The first-order chi connectivity index (χ1) is 10.3. The van der Waals surface area contributed by atoms with Crippen LogP contribution in [0.4, 0.5) is 0 Å². The molecular weight excluding hydrogens is 262 g/mol. The van der Waals surface area contributed by atoms with Gasteiger partial charge in [-0.15, -0.1) is 0 Å². The minimum absolute atomic E-state index is 0.535. The Kier molecular flexibility index (Phi) is 4.60. The largest absolute Gasteiger partial charge is 0.298 e. The van der Waals surface area contributed by atoms with E-state index in [-0.39, 0.29) is 0 Å². The second-order valence-electron chi connectivity index (χ2n) is 5.82. The highest BCUT2D eigenvalue weighted by atomic mass is 15.3. The Balaban J connectivity index is 1.60. The van der Waals surface area contributed by atoms with Gasteiger partial charge in [-0.25, -0.2) is 9.97 Å². The van der Waals surface area contributed by atoms with E-state index in [1.54, 1.807) is 6.33 Å². The zero-order chi connectivity index (χ0) is 14.5. The number of hydrogen-bond donors (Lipinski definition) is 0. The van der Waals surface area contributed by atoms with E-state index in [4.69, 9.17) is 0 Å². The predicted molar refractivity (Wildman–Crippen MR) is 81.8 cm³/mol. The maximum atomic E-state index is 4.42. The van der Waals surface area contributed by atoms with E-state index >= 15 is 0 Å². The van der Waals surface area contributed by atoms with E-state index in [9.17, 15) is 0 Å². The maximum absolute atomic E-state index is 4.42. The molecule has 0 amide bonds. The van der Waals surface area contributed by atoms with Crippen molar-refractivity contribution in [2.75, 3.05) is 13.1 Å². The zero-order valence-corrected chi connectivity index (χ0v) is 12.6. The third-order valence-electron chi connectivity index (χ3n) is 4.07. The van der Waals surface area contributed by atoms with Crippen LogP contribution in [0.3, 0.4) is 0 Å². The van der Waals surface area contributed by atoms with Gasteiger partial charge in [0.05, 0.1) is 6.20 Å². The number of aromatic nitrogens is 4. The van der Waals surface area contributed by atoms with Crippen LogP contribution >= 0.6 is 0 Å². The van der Waals surface area contributed by atoms with Crippen LogP contribution in [0.2, 0.25) is 0 Å². The van der Waals surface area contributed by atoms with Crippen molar-refractivity contribution < 1.29 is 0 Å². The zero-order valence-electron chi connectivity index (χ0n) is 12.6. The fraction of sp³-hybridized carbons (Fsp3) is 0.562. The van der Waals surface area contributed by atoms with Gasteiger partial charge < -0.3 is 0 Å². The van der Waals surface area contributed by atoms with Crippen molar-refractivity contribution in [3.63, 3.8) is 0 Å². The molecule has 2 aromatic rings. The maximum Gasteiger partial charge on any atom is 0.115 e. The molecule has 2 aromatic heterocycles. The van der Waals surface area contributed by atoms with Crippen LogP contribution in [0.5, 0.6) is 0 Å². The Morgan fingerprint density at radius 2 is 2.33 bits per heavy atom. The van der Waals surface area contributed by atoms with E-state index in [0.717, 1.165) is 26.1 Å². The number of nitrogens with zero attached hydrogens (tertiary/aromatic N) is 5. The third kappa shape index (κ3) is 3.67. The molecule has 3 rings (SSSR count). The third-order valence-corrected chi connectivity index (χ3v) is 4.07. The Hall–Kier alpha value is -1.75. The summed E-state index contributed by atoms with van der Waals surface area (Å²) in [6, 6.07) is 2.05. The van der Waals surface area contributed by atoms with Gasteiger partial charge in [-0.05, 0) is 31.9 Å². The molecule has 0 saturated carbocycles. The molecule has 5 nitrogen and oxygen atoms in total. The van der Waals surface area contributed by atoms with E-state index < -0.39 is 0 Å². The van der Waals surface area contributed by atoms with Gasteiger partial charge in [0.25, 0.3) is 0 Å². The van der Waals surface area contributed by atoms with Crippen LogP contribution in [0.25, 0.3) is 0 Å². The van der Waals surface area contributed by atoms with E-state index in [1.807, 2.05) is 23.1 Å². The van der Waals surface area contributed by atoms with Crippen LogP contribution in [-0.2, 0) is 13.1 Å². The van der Waals surface area contributed by atoms with E-state index in [0.29, 0.717) is 5.92 Å². The molecule has 0 unspecified atom stereocenters. The van der Waals surface area contributed by atoms with Crippen molar-refractivity contribution in [3.8, 4) is 0 Å². The number of piperidine rings is 1. The molecule has 1 atom stereocenters. The molecule has 21 heavy (non-hydrogen) atoms. The minimum Gasteiger partial charge on any atom is -0.298 e. The molecule has 112 valence electrons. The second kappa shape index (κ2) is 6.80. The Labute approximate surface area is 126 Å². The van der Waals surface area contributed by atoms with Crippen LogP contribution in [0.15, 0.2) is 31.0 Å². The van der Waals surface area contributed by atoms with Crippen LogP contribution in [-0.4, -0.2) is 37.7 Å². The van der Waals surface area contributed by atoms with E-state index in [2.05, 4.69) is 33.1 Å². The second-order valence-corrected chi connectivity index (χ2v) is 5.82. The standard InChI is InChI=1S/C16H23N5/c1-2-7-21-11-14(9-19-21)10-20-8-3-4-15(12-20)16-5-6-17-13-18-16/h5-6,9,11,13,15H,2-4,7-8,10,12H2,1H3/t15-/m0/s1. The van der Waals surface area contributed by atoms with Crippen LogP contribution in [0.1, 0.15) is 43.4 Å². The first-order valence-corrected chi connectivity index (χ1v) is 7.84. The summed E-state index contributed by atoms with van der Waals surface area (Å²) in [6.45, 7) is 6.42. The minimum atomic E-state index is 0.535. The normalized spacial score (nSPS) is 19.8. The van der Waals surface area contributed by atoms with Gasteiger partial charge in [0.2, 0.25) is 0 Å².